The topological polar surface area (TPSA) is 34.1 Å². The van der Waals surface area contributed by atoms with Crippen LogP contribution in [-0.4, -0.2) is 11.6 Å². The molecule has 0 spiro atoms. The fourth-order valence-electron chi connectivity index (χ4n) is 12.2. The van der Waals surface area contributed by atoms with Crippen LogP contribution in [0.25, 0.3) is 70.3 Å². The van der Waals surface area contributed by atoms with Gasteiger partial charge < -0.3 is 0 Å². The minimum atomic E-state index is 0.0705. The number of fused-ring (bicyclic) bond motifs is 4. The van der Waals surface area contributed by atoms with Crippen molar-refractivity contribution in [3.63, 3.8) is 0 Å². The third kappa shape index (κ3) is 12.0. The van der Waals surface area contributed by atoms with Gasteiger partial charge in [-0.3, -0.25) is 9.59 Å². The number of thiophene rings is 8. The predicted molar refractivity (Wildman–Crippen MR) is 353 cm³/mol. The predicted octanol–water partition coefficient (Wildman–Crippen LogP) is 24.6. The number of hydrogen-bond acceptors (Lipinski definition) is 10. The number of carbonyl (C=O) groups is 2. The normalized spacial score (nSPS) is 14.3. The number of carbonyl (C=O) groups excluding carboxylic acids is 2. The van der Waals surface area contributed by atoms with Gasteiger partial charge in [0.05, 0.1) is 20.9 Å². The van der Waals surface area contributed by atoms with E-state index in [0.717, 1.165) is 110 Å². The molecule has 1 aliphatic carbocycles. The van der Waals surface area contributed by atoms with Gasteiger partial charge in [0.1, 0.15) is 0 Å². The summed E-state index contributed by atoms with van der Waals surface area (Å²) in [7, 11) is 0. The van der Waals surface area contributed by atoms with Gasteiger partial charge in [-0.2, -0.15) is 0 Å². The van der Waals surface area contributed by atoms with Crippen molar-refractivity contribution in [2.24, 2.45) is 23.7 Å². The van der Waals surface area contributed by atoms with Gasteiger partial charge in [-0.25, -0.2) is 0 Å². The van der Waals surface area contributed by atoms with Gasteiger partial charge in [0.2, 0.25) is 0 Å². The molecule has 10 heteroatoms. The highest BCUT2D eigenvalue weighted by molar-refractivity contribution is 7.30. The second-order valence-corrected chi connectivity index (χ2v) is 30.8. The summed E-state index contributed by atoms with van der Waals surface area (Å²) in [4.78, 5) is 46.0. The van der Waals surface area contributed by atoms with Crippen LogP contribution >= 0.6 is 90.7 Å². The highest BCUT2D eigenvalue weighted by atomic mass is 32.1. The van der Waals surface area contributed by atoms with E-state index in [1.54, 1.807) is 45.3 Å². The van der Waals surface area contributed by atoms with Crippen LogP contribution in [0.1, 0.15) is 209 Å². The van der Waals surface area contributed by atoms with Crippen molar-refractivity contribution in [3.8, 4) is 50.1 Å². The first-order valence-corrected chi connectivity index (χ1v) is 36.5. The van der Waals surface area contributed by atoms with Crippen molar-refractivity contribution in [1.82, 2.24) is 0 Å². The third-order valence-electron chi connectivity index (χ3n) is 17.0. The average molecular weight is 1190 g/mol. The lowest BCUT2D eigenvalue weighted by Gasteiger charge is -2.19. The van der Waals surface area contributed by atoms with E-state index in [4.69, 9.17) is 0 Å². The summed E-state index contributed by atoms with van der Waals surface area (Å²) >= 11 is 14.8. The van der Waals surface area contributed by atoms with Crippen LogP contribution in [-0.2, 0) is 25.7 Å². The Morgan fingerprint density at radius 2 is 0.859 bits per heavy atom. The fourth-order valence-corrected chi connectivity index (χ4v) is 21.8. The molecule has 8 aromatic heterocycles. The molecule has 0 bridgehead atoms. The third-order valence-corrected chi connectivity index (χ3v) is 26.3. The van der Waals surface area contributed by atoms with Crippen LogP contribution in [0, 0.1) is 23.7 Å². The Bertz CT molecular complexity index is 3330. The summed E-state index contributed by atoms with van der Waals surface area (Å²) in [5, 5.41) is 7.13. The van der Waals surface area contributed by atoms with Crippen molar-refractivity contribution >= 4 is 122 Å². The summed E-state index contributed by atoms with van der Waals surface area (Å²) in [5.74, 6) is 2.57. The monoisotopic (exact) mass is 1180 g/mol. The summed E-state index contributed by atoms with van der Waals surface area (Å²) in [6, 6.07) is 23.4. The molecule has 0 aliphatic heterocycles. The second-order valence-electron chi connectivity index (χ2n) is 22.3. The lowest BCUT2D eigenvalue weighted by molar-refractivity contribution is 0.0980. The maximum Gasteiger partial charge on any atom is 0.197 e. The van der Waals surface area contributed by atoms with Crippen molar-refractivity contribution in [2.75, 3.05) is 0 Å². The zero-order chi connectivity index (χ0) is 54.5. The van der Waals surface area contributed by atoms with E-state index in [-0.39, 0.29) is 11.6 Å². The molecule has 4 unspecified atom stereocenters. The number of ketones is 2. The van der Waals surface area contributed by atoms with E-state index in [0.29, 0.717) is 23.0 Å². The smallest absolute Gasteiger partial charge is 0.197 e. The summed E-state index contributed by atoms with van der Waals surface area (Å²) < 4.78 is 2.75. The SMILES string of the molecule is CCCCC(CC)Cc1ccc(-c2c3cc(-c4ccc(-c5sc(-c6cccs6)c6c5C(=O)c5c(CC(CC)CCCC)sc(CC(CC)CCCC)c5C6=O)s4)sc3c(-c3ccc(CC(CC)CCCC)s3)c3ccsc23)s1. The van der Waals surface area contributed by atoms with E-state index in [2.05, 4.69) is 127 Å². The van der Waals surface area contributed by atoms with Gasteiger partial charge in [0.25, 0.3) is 0 Å². The van der Waals surface area contributed by atoms with E-state index < -0.39 is 0 Å². The van der Waals surface area contributed by atoms with Crippen LogP contribution in [0.3, 0.4) is 0 Å². The zero-order valence-corrected chi connectivity index (χ0v) is 54.0. The number of hydrogen-bond donors (Lipinski definition) is 0. The van der Waals surface area contributed by atoms with Crippen molar-refractivity contribution in [1.29, 1.82) is 0 Å². The summed E-state index contributed by atoms with van der Waals surface area (Å²) in [5.41, 5.74) is 5.51. The molecule has 10 rings (SSSR count). The molecule has 78 heavy (non-hydrogen) atoms. The number of benzene rings is 1. The fraction of sp³-hybridized carbons (Fsp3) is 0.471. The molecular formula is C68H80O2S8. The van der Waals surface area contributed by atoms with Gasteiger partial charge in [0, 0.05) is 91.2 Å². The Kier molecular flexibility index (Phi) is 19.8. The standard InChI is InChI=1S/C68H80O2S8/c1-9-17-22-41(13-5)36-45-27-29-50(73-45)57-47-33-35-72-65(47)58(51-30-28-46(74-51)37-42(14-6)23-18-10-2)48-40-54(77-66(48)57)49-31-32-53(75-49)68-62-61(67(78-68)52-26-21-34-71-52)63(69)59-55(38-43(15-7)24-19-11-3)76-56(60(59)64(62)70)39-44(16-8)25-20-12-4/h21,26-35,40-44H,9-20,22-25,36-39H2,1-8H3. The number of rotatable bonds is 29. The van der Waals surface area contributed by atoms with Crippen molar-refractivity contribution in [3.05, 3.63) is 113 Å². The van der Waals surface area contributed by atoms with E-state index in [1.165, 1.54) is 131 Å². The molecule has 0 radical (unpaired) electrons. The highest BCUT2D eigenvalue weighted by Crippen LogP contribution is 2.56. The van der Waals surface area contributed by atoms with Crippen molar-refractivity contribution in [2.45, 2.75) is 184 Å². The lowest BCUT2D eigenvalue weighted by Crippen LogP contribution is -2.22. The summed E-state index contributed by atoms with van der Waals surface area (Å²) in [6.07, 6.45) is 23.4. The highest BCUT2D eigenvalue weighted by Gasteiger charge is 2.42. The van der Waals surface area contributed by atoms with Crippen LogP contribution < -0.4 is 0 Å². The molecule has 9 aromatic rings. The van der Waals surface area contributed by atoms with Gasteiger partial charge in [-0.05, 0) is 115 Å². The van der Waals surface area contributed by atoms with E-state index >= 15 is 9.59 Å². The average Bonchev–Trinajstić information content (AvgIpc) is 4.48. The Labute approximate surface area is 498 Å². The first-order chi connectivity index (χ1) is 38.1. The molecular weight excluding hydrogens is 1110 g/mol. The van der Waals surface area contributed by atoms with E-state index in [9.17, 15) is 0 Å². The van der Waals surface area contributed by atoms with Crippen LogP contribution in [0.5, 0.6) is 0 Å². The molecule has 0 saturated heterocycles. The first-order valence-electron chi connectivity index (χ1n) is 29.8. The molecule has 4 atom stereocenters. The van der Waals surface area contributed by atoms with Crippen molar-refractivity contribution < 1.29 is 9.59 Å². The quantitative estimate of drug-likeness (QED) is 0.0468. The molecule has 8 heterocycles. The Hall–Kier alpha value is -3.32. The molecule has 1 aliphatic rings. The molecule has 412 valence electrons. The Balaban J connectivity index is 1.10. The minimum Gasteiger partial charge on any atom is -0.288 e. The lowest BCUT2D eigenvalue weighted by atomic mass is 9.81. The largest absolute Gasteiger partial charge is 0.288 e. The minimum absolute atomic E-state index is 0.0705. The van der Waals surface area contributed by atoms with Gasteiger partial charge in [-0.15, -0.1) is 90.7 Å². The molecule has 0 saturated carbocycles. The van der Waals surface area contributed by atoms with Gasteiger partial charge in [-0.1, -0.05) is 164 Å². The molecule has 0 amide bonds. The maximum atomic E-state index is 15.8. The zero-order valence-electron chi connectivity index (χ0n) is 47.5. The number of unbranched alkanes of at least 4 members (excludes halogenated alkanes) is 4. The Morgan fingerprint density at radius 1 is 0.372 bits per heavy atom. The molecule has 1 aromatic carbocycles. The first kappa shape index (κ1) is 57.9. The second kappa shape index (κ2) is 26.7. The van der Waals surface area contributed by atoms with Gasteiger partial charge >= 0.3 is 0 Å². The molecule has 0 fully saturated rings. The van der Waals surface area contributed by atoms with E-state index in [1.807, 2.05) is 45.3 Å². The van der Waals surface area contributed by atoms with Crippen LogP contribution in [0.15, 0.2) is 71.4 Å². The molecule has 0 N–H and O–H groups in total. The maximum absolute atomic E-state index is 15.8. The van der Waals surface area contributed by atoms with Gasteiger partial charge in [0.15, 0.2) is 11.6 Å². The summed E-state index contributed by atoms with van der Waals surface area (Å²) in [6.45, 7) is 18.5. The van der Waals surface area contributed by atoms with Crippen LogP contribution in [0.2, 0.25) is 0 Å². The molecule has 2 nitrogen and oxygen atoms in total. The van der Waals surface area contributed by atoms with Crippen LogP contribution in [0.4, 0.5) is 0 Å². The Morgan fingerprint density at radius 3 is 1.36 bits per heavy atom.